The summed E-state index contributed by atoms with van der Waals surface area (Å²) in [7, 11) is 4.15. The SMILES string of the molecule is Cc1cc(N(C)C)ccc1Cc1c(-c2ccccc2)nc2ccccn12. The van der Waals surface area contributed by atoms with E-state index in [0.717, 1.165) is 23.3 Å². The predicted octanol–water partition coefficient (Wildman–Crippen LogP) is 4.97. The van der Waals surface area contributed by atoms with Crippen LogP contribution in [0.25, 0.3) is 16.9 Å². The van der Waals surface area contributed by atoms with Gasteiger partial charge in [0.1, 0.15) is 5.65 Å². The largest absolute Gasteiger partial charge is 0.378 e. The highest BCUT2D eigenvalue weighted by atomic mass is 15.1. The average Bonchev–Trinajstić information content (AvgIpc) is 3.02. The van der Waals surface area contributed by atoms with Crippen LogP contribution in [0.2, 0.25) is 0 Å². The summed E-state index contributed by atoms with van der Waals surface area (Å²) < 4.78 is 2.21. The average molecular weight is 341 g/mol. The lowest BCUT2D eigenvalue weighted by Crippen LogP contribution is -2.09. The lowest BCUT2D eigenvalue weighted by Gasteiger charge is -2.15. The minimum absolute atomic E-state index is 0.856. The van der Waals surface area contributed by atoms with Crippen molar-refractivity contribution in [3.8, 4) is 11.3 Å². The normalized spacial score (nSPS) is 11.0. The molecule has 3 heteroatoms. The monoisotopic (exact) mass is 341 g/mol. The number of anilines is 1. The Morgan fingerprint density at radius 2 is 1.69 bits per heavy atom. The number of hydrogen-bond donors (Lipinski definition) is 0. The number of fused-ring (bicyclic) bond motifs is 1. The molecule has 2 heterocycles. The number of aromatic nitrogens is 2. The molecule has 2 aromatic heterocycles. The molecule has 0 spiro atoms. The first-order chi connectivity index (χ1) is 12.6. The summed E-state index contributed by atoms with van der Waals surface area (Å²) in [5.41, 5.74) is 8.31. The van der Waals surface area contributed by atoms with Crippen molar-refractivity contribution in [1.29, 1.82) is 0 Å². The van der Waals surface area contributed by atoms with Crippen LogP contribution in [-0.2, 0) is 6.42 Å². The molecule has 0 fully saturated rings. The molecule has 0 N–H and O–H groups in total. The smallest absolute Gasteiger partial charge is 0.137 e. The van der Waals surface area contributed by atoms with Crippen LogP contribution in [0.3, 0.4) is 0 Å². The summed E-state index contributed by atoms with van der Waals surface area (Å²) in [6.45, 7) is 2.19. The standard InChI is InChI=1S/C23H23N3/c1-17-15-20(25(2)3)13-12-19(17)16-21-23(18-9-5-4-6-10-18)24-22-11-7-8-14-26(21)22/h4-15H,16H2,1-3H3. The van der Waals surface area contributed by atoms with Gasteiger partial charge in [-0.05, 0) is 42.3 Å². The number of imidazole rings is 1. The summed E-state index contributed by atoms with van der Waals surface area (Å²) in [4.78, 5) is 7.05. The first kappa shape index (κ1) is 16.4. The molecule has 0 aliphatic carbocycles. The molecule has 130 valence electrons. The van der Waals surface area contributed by atoms with E-state index in [1.54, 1.807) is 0 Å². The zero-order valence-corrected chi connectivity index (χ0v) is 15.5. The molecular weight excluding hydrogens is 318 g/mol. The first-order valence-corrected chi connectivity index (χ1v) is 8.92. The second-order valence-corrected chi connectivity index (χ2v) is 6.88. The highest BCUT2D eigenvalue weighted by Crippen LogP contribution is 2.28. The van der Waals surface area contributed by atoms with Crippen molar-refractivity contribution < 1.29 is 0 Å². The Morgan fingerprint density at radius 1 is 0.923 bits per heavy atom. The Bertz CT molecular complexity index is 1050. The maximum atomic E-state index is 4.91. The fraction of sp³-hybridized carbons (Fsp3) is 0.174. The Morgan fingerprint density at radius 3 is 2.42 bits per heavy atom. The van der Waals surface area contributed by atoms with Crippen LogP contribution < -0.4 is 4.90 Å². The zero-order chi connectivity index (χ0) is 18.1. The molecule has 0 atom stereocenters. The van der Waals surface area contributed by atoms with Gasteiger partial charge >= 0.3 is 0 Å². The third-order valence-corrected chi connectivity index (χ3v) is 4.88. The van der Waals surface area contributed by atoms with Crippen LogP contribution in [0.4, 0.5) is 5.69 Å². The van der Waals surface area contributed by atoms with Crippen LogP contribution in [0.5, 0.6) is 0 Å². The van der Waals surface area contributed by atoms with Gasteiger partial charge in [0.15, 0.2) is 0 Å². The number of benzene rings is 2. The molecular formula is C23H23N3. The van der Waals surface area contributed by atoms with Crippen molar-refractivity contribution in [3.05, 3.63) is 89.7 Å². The second kappa shape index (κ2) is 6.68. The Hall–Kier alpha value is -3.07. The highest BCUT2D eigenvalue weighted by Gasteiger charge is 2.15. The van der Waals surface area contributed by atoms with Crippen molar-refractivity contribution in [2.75, 3.05) is 19.0 Å². The predicted molar refractivity (Wildman–Crippen MR) is 109 cm³/mol. The van der Waals surface area contributed by atoms with Crippen molar-refractivity contribution in [1.82, 2.24) is 9.38 Å². The topological polar surface area (TPSA) is 20.5 Å². The molecule has 0 unspecified atom stereocenters. The summed E-state index contributed by atoms with van der Waals surface area (Å²) in [5, 5.41) is 0. The molecule has 4 rings (SSSR count). The maximum Gasteiger partial charge on any atom is 0.137 e. The number of aryl methyl sites for hydroxylation is 1. The summed E-state index contributed by atoms with van der Waals surface area (Å²) in [5.74, 6) is 0. The highest BCUT2D eigenvalue weighted by molar-refractivity contribution is 5.67. The first-order valence-electron chi connectivity index (χ1n) is 8.92. The minimum Gasteiger partial charge on any atom is -0.378 e. The lowest BCUT2D eigenvalue weighted by atomic mass is 10.00. The molecule has 3 nitrogen and oxygen atoms in total. The van der Waals surface area contributed by atoms with E-state index in [1.807, 2.05) is 12.1 Å². The molecule has 0 saturated carbocycles. The molecule has 0 radical (unpaired) electrons. The second-order valence-electron chi connectivity index (χ2n) is 6.88. The Kier molecular flexibility index (Phi) is 4.21. The van der Waals surface area contributed by atoms with E-state index < -0.39 is 0 Å². The molecule has 0 saturated heterocycles. The number of rotatable bonds is 4. The summed E-state index contributed by atoms with van der Waals surface area (Å²) >= 11 is 0. The lowest BCUT2D eigenvalue weighted by molar-refractivity contribution is 1.01. The van der Waals surface area contributed by atoms with E-state index in [9.17, 15) is 0 Å². The van der Waals surface area contributed by atoms with Gasteiger partial charge in [0.05, 0.1) is 11.4 Å². The van der Waals surface area contributed by atoms with E-state index in [0.29, 0.717) is 0 Å². The van der Waals surface area contributed by atoms with Crippen LogP contribution in [0, 0.1) is 6.92 Å². The van der Waals surface area contributed by atoms with Crippen LogP contribution in [0.15, 0.2) is 72.9 Å². The number of nitrogens with zero attached hydrogens (tertiary/aromatic N) is 3. The molecule has 0 aliphatic rings. The van der Waals surface area contributed by atoms with Crippen molar-refractivity contribution in [2.24, 2.45) is 0 Å². The van der Waals surface area contributed by atoms with Gasteiger partial charge in [-0.25, -0.2) is 4.98 Å². The number of hydrogen-bond acceptors (Lipinski definition) is 2. The van der Waals surface area contributed by atoms with Gasteiger partial charge in [0.2, 0.25) is 0 Å². The van der Waals surface area contributed by atoms with Gasteiger partial charge in [-0.1, -0.05) is 42.5 Å². The van der Waals surface area contributed by atoms with E-state index in [-0.39, 0.29) is 0 Å². The molecule has 0 amide bonds. The molecule has 26 heavy (non-hydrogen) atoms. The van der Waals surface area contributed by atoms with Gasteiger partial charge in [0.25, 0.3) is 0 Å². The zero-order valence-electron chi connectivity index (χ0n) is 15.5. The van der Waals surface area contributed by atoms with E-state index >= 15 is 0 Å². The molecule has 0 aliphatic heterocycles. The summed E-state index contributed by atoms with van der Waals surface area (Å²) in [6, 6.07) is 23.3. The van der Waals surface area contributed by atoms with Gasteiger partial charge in [-0.2, -0.15) is 0 Å². The van der Waals surface area contributed by atoms with Gasteiger partial charge in [-0.15, -0.1) is 0 Å². The summed E-state index contributed by atoms with van der Waals surface area (Å²) in [6.07, 6.45) is 2.96. The molecule has 0 bridgehead atoms. The third-order valence-electron chi connectivity index (χ3n) is 4.88. The molecule has 2 aromatic carbocycles. The van der Waals surface area contributed by atoms with E-state index in [1.165, 1.54) is 22.5 Å². The van der Waals surface area contributed by atoms with Crippen LogP contribution in [-0.4, -0.2) is 23.5 Å². The van der Waals surface area contributed by atoms with Crippen LogP contribution >= 0.6 is 0 Å². The quantitative estimate of drug-likeness (QED) is 0.522. The van der Waals surface area contributed by atoms with E-state index in [2.05, 4.69) is 91.1 Å². The fourth-order valence-corrected chi connectivity index (χ4v) is 3.38. The van der Waals surface area contributed by atoms with Crippen molar-refractivity contribution >= 4 is 11.3 Å². The van der Waals surface area contributed by atoms with Gasteiger partial charge < -0.3 is 9.30 Å². The van der Waals surface area contributed by atoms with Crippen LogP contribution in [0.1, 0.15) is 16.8 Å². The third kappa shape index (κ3) is 2.97. The van der Waals surface area contributed by atoms with Crippen molar-refractivity contribution in [3.63, 3.8) is 0 Å². The Labute approximate surface area is 154 Å². The van der Waals surface area contributed by atoms with Gasteiger partial charge in [-0.3, -0.25) is 0 Å². The molecule has 4 aromatic rings. The minimum atomic E-state index is 0.856. The van der Waals surface area contributed by atoms with Crippen molar-refractivity contribution in [2.45, 2.75) is 13.3 Å². The Balaban J connectivity index is 1.83. The van der Waals surface area contributed by atoms with Gasteiger partial charge in [0, 0.05) is 38.0 Å². The maximum absolute atomic E-state index is 4.91. The van der Waals surface area contributed by atoms with E-state index in [4.69, 9.17) is 4.98 Å². The number of pyridine rings is 1. The fourth-order valence-electron chi connectivity index (χ4n) is 3.38.